The van der Waals surface area contributed by atoms with Crippen LogP contribution < -0.4 is 0 Å². The molecule has 0 aromatic carbocycles. The van der Waals surface area contributed by atoms with E-state index in [9.17, 15) is 4.79 Å². The number of hydrogen-bond acceptors (Lipinski definition) is 3. The summed E-state index contributed by atoms with van der Waals surface area (Å²) in [7, 11) is 1.96. The van der Waals surface area contributed by atoms with Crippen LogP contribution in [0.3, 0.4) is 0 Å². The topological polar surface area (TPSA) is 40.5 Å². The molecule has 5 heteroatoms. The van der Waals surface area contributed by atoms with Crippen molar-refractivity contribution in [2.24, 2.45) is 5.92 Å². The highest BCUT2D eigenvalue weighted by Crippen LogP contribution is 2.30. The van der Waals surface area contributed by atoms with Crippen molar-refractivity contribution in [3.05, 3.63) is 20.8 Å². The number of thiophene rings is 1. The Kier molecular flexibility index (Phi) is 4.95. The van der Waals surface area contributed by atoms with Gasteiger partial charge in [0.1, 0.15) is 0 Å². The zero-order chi connectivity index (χ0) is 12.3. The van der Waals surface area contributed by atoms with Gasteiger partial charge >= 0.3 is 5.97 Å². The Hall–Kier alpha value is -0.390. The highest BCUT2D eigenvalue weighted by Gasteiger charge is 2.19. The molecule has 90 valence electrons. The van der Waals surface area contributed by atoms with Crippen LogP contribution in [0.4, 0.5) is 0 Å². The summed E-state index contributed by atoms with van der Waals surface area (Å²) in [5.74, 6) is -1.08. The van der Waals surface area contributed by atoms with Crippen molar-refractivity contribution in [1.29, 1.82) is 0 Å². The summed E-state index contributed by atoms with van der Waals surface area (Å²) in [6, 6.07) is 4.34. The van der Waals surface area contributed by atoms with E-state index >= 15 is 0 Å². The molecule has 3 nitrogen and oxygen atoms in total. The summed E-state index contributed by atoms with van der Waals surface area (Å²) in [4.78, 5) is 14.1. The molecule has 1 heterocycles. The van der Waals surface area contributed by atoms with Crippen molar-refractivity contribution in [1.82, 2.24) is 4.90 Å². The first-order chi connectivity index (χ1) is 7.41. The van der Waals surface area contributed by atoms with Crippen molar-refractivity contribution in [2.45, 2.75) is 19.9 Å². The summed E-state index contributed by atoms with van der Waals surface area (Å²) >= 11 is 5.12. The van der Waals surface area contributed by atoms with Crippen molar-refractivity contribution in [3.63, 3.8) is 0 Å². The molecule has 0 bridgehead atoms. The van der Waals surface area contributed by atoms with Gasteiger partial charge in [-0.25, -0.2) is 0 Å². The van der Waals surface area contributed by atoms with E-state index in [-0.39, 0.29) is 12.0 Å². The van der Waals surface area contributed by atoms with Crippen molar-refractivity contribution in [3.8, 4) is 0 Å². The Morgan fingerprint density at radius 3 is 2.62 bits per heavy atom. The van der Waals surface area contributed by atoms with Gasteiger partial charge in [0, 0.05) is 17.5 Å². The molecule has 1 rings (SSSR count). The fourth-order valence-electron chi connectivity index (χ4n) is 1.44. The van der Waals surface area contributed by atoms with E-state index in [2.05, 4.69) is 33.8 Å². The van der Waals surface area contributed by atoms with Gasteiger partial charge in [-0.05, 0) is 42.0 Å². The van der Waals surface area contributed by atoms with Crippen LogP contribution in [-0.4, -0.2) is 29.6 Å². The molecule has 0 aliphatic rings. The highest BCUT2D eigenvalue weighted by molar-refractivity contribution is 9.11. The Morgan fingerprint density at radius 2 is 2.19 bits per heavy atom. The minimum Gasteiger partial charge on any atom is -0.481 e. The molecule has 0 saturated carbocycles. The van der Waals surface area contributed by atoms with Crippen LogP contribution in [0.5, 0.6) is 0 Å². The molecule has 1 aromatic heterocycles. The average Bonchev–Trinajstić information content (AvgIpc) is 2.63. The number of rotatable bonds is 5. The third kappa shape index (κ3) is 3.57. The molecule has 2 atom stereocenters. The summed E-state index contributed by atoms with van der Waals surface area (Å²) in [5, 5.41) is 8.86. The minimum absolute atomic E-state index is 0.248. The van der Waals surface area contributed by atoms with E-state index in [1.807, 2.05) is 13.1 Å². The third-order valence-corrected chi connectivity index (χ3v) is 4.44. The van der Waals surface area contributed by atoms with E-state index in [1.54, 1.807) is 18.3 Å². The summed E-state index contributed by atoms with van der Waals surface area (Å²) < 4.78 is 1.11. The Morgan fingerprint density at radius 1 is 1.56 bits per heavy atom. The lowest BCUT2D eigenvalue weighted by molar-refractivity contribution is -0.141. The molecule has 0 amide bonds. The first-order valence-electron chi connectivity index (χ1n) is 5.10. The van der Waals surface area contributed by atoms with Gasteiger partial charge in [0.05, 0.1) is 9.70 Å². The fourth-order valence-corrected chi connectivity index (χ4v) is 2.98. The molecule has 2 unspecified atom stereocenters. The van der Waals surface area contributed by atoms with Crippen LogP contribution in [0.2, 0.25) is 0 Å². The lowest BCUT2D eigenvalue weighted by atomic mass is 10.1. The molecule has 0 radical (unpaired) electrons. The molecular formula is C11H16BrNO2S. The molecular weight excluding hydrogens is 290 g/mol. The second kappa shape index (κ2) is 5.80. The first-order valence-corrected chi connectivity index (χ1v) is 6.71. The first kappa shape index (κ1) is 13.7. The van der Waals surface area contributed by atoms with Gasteiger partial charge in [0.2, 0.25) is 0 Å². The lowest BCUT2D eigenvalue weighted by Crippen LogP contribution is -2.30. The average molecular weight is 306 g/mol. The third-order valence-electron chi connectivity index (χ3n) is 2.65. The summed E-state index contributed by atoms with van der Waals surface area (Å²) in [6.45, 7) is 4.38. The molecule has 0 aliphatic carbocycles. The van der Waals surface area contributed by atoms with Gasteiger partial charge in [0.25, 0.3) is 0 Å². The van der Waals surface area contributed by atoms with Crippen LogP contribution >= 0.6 is 27.3 Å². The van der Waals surface area contributed by atoms with E-state index in [1.165, 1.54) is 4.88 Å². The number of carboxylic acid groups (broad SMARTS) is 1. The van der Waals surface area contributed by atoms with Gasteiger partial charge in [-0.3, -0.25) is 9.69 Å². The highest BCUT2D eigenvalue weighted by atomic mass is 79.9. The van der Waals surface area contributed by atoms with E-state index in [0.717, 1.165) is 3.79 Å². The quantitative estimate of drug-likeness (QED) is 0.908. The second-order valence-electron chi connectivity index (χ2n) is 4.00. The van der Waals surface area contributed by atoms with Crippen LogP contribution in [0.1, 0.15) is 24.8 Å². The zero-order valence-corrected chi connectivity index (χ0v) is 12.0. The van der Waals surface area contributed by atoms with Crippen molar-refractivity contribution in [2.75, 3.05) is 13.6 Å². The number of nitrogens with zero attached hydrogens (tertiary/aromatic N) is 1. The monoisotopic (exact) mass is 305 g/mol. The molecule has 16 heavy (non-hydrogen) atoms. The standard InChI is InChI=1S/C11H16BrNO2S/c1-7(11(14)15)6-13(3)8(2)9-4-5-10(12)16-9/h4-5,7-8H,6H2,1-3H3,(H,14,15). The van der Waals surface area contributed by atoms with Crippen LogP contribution in [0, 0.1) is 5.92 Å². The largest absolute Gasteiger partial charge is 0.481 e. The fraction of sp³-hybridized carbons (Fsp3) is 0.545. The van der Waals surface area contributed by atoms with Crippen molar-refractivity contribution < 1.29 is 9.90 Å². The van der Waals surface area contributed by atoms with Gasteiger partial charge in [0.15, 0.2) is 0 Å². The lowest BCUT2D eigenvalue weighted by Gasteiger charge is -2.25. The number of carbonyl (C=O) groups is 1. The Labute approximate surface area is 108 Å². The smallest absolute Gasteiger partial charge is 0.307 e. The van der Waals surface area contributed by atoms with Crippen LogP contribution in [0.15, 0.2) is 15.9 Å². The van der Waals surface area contributed by atoms with Crippen LogP contribution in [-0.2, 0) is 4.79 Å². The number of aliphatic carboxylic acids is 1. The molecule has 1 N–H and O–H groups in total. The predicted octanol–water partition coefficient (Wildman–Crippen LogP) is 3.22. The van der Waals surface area contributed by atoms with E-state index in [0.29, 0.717) is 6.54 Å². The van der Waals surface area contributed by atoms with E-state index in [4.69, 9.17) is 5.11 Å². The molecule has 0 fully saturated rings. The minimum atomic E-state index is -0.744. The summed E-state index contributed by atoms with van der Waals surface area (Å²) in [6.07, 6.45) is 0. The second-order valence-corrected chi connectivity index (χ2v) is 6.49. The SMILES string of the molecule is CC(CN(C)C(C)c1ccc(Br)s1)C(=O)O. The van der Waals surface area contributed by atoms with Gasteiger partial charge < -0.3 is 5.11 Å². The number of carboxylic acids is 1. The zero-order valence-electron chi connectivity index (χ0n) is 9.61. The maximum absolute atomic E-state index is 10.8. The number of halogens is 1. The van der Waals surface area contributed by atoms with Gasteiger partial charge in [-0.15, -0.1) is 11.3 Å². The molecule has 1 aromatic rings. The van der Waals surface area contributed by atoms with E-state index < -0.39 is 5.97 Å². The number of hydrogen-bond donors (Lipinski definition) is 1. The summed E-state index contributed by atoms with van der Waals surface area (Å²) in [5.41, 5.74) is 0. The molecule has 0 aliphatic heterocycles. The molecule has 0 spiro atoms. The molecule has 0 saturated heterocycles. The van der Waals surface area contributed by atoms with Gasteiger partial charge in [-0.1, -0.05) is 6.92 Å². The maximum Gasteiger partial charge on any atom is 0.307 e. The maximum atomic E-state index is 10.8. The predicted molar refractivity (Wildman–Crippen MR) is 69.9 cm³/mol. The van der Waals surface area contributed by atoms with Gasteiger partial charge in [-0.2, -0.15) is 0 Å². The Balaban J connectivity index is 2.60. The van der Waals surface area contributed by atoms with Crippen molar-refractivity contribution >= 4 is 33.2 Å². The normalized spacial score (nSPS) is 15.1. The Bertz CT molecular complexity index is 367. The van der Waals surface area contributed by atoms with Crippen LogP contribution in [0.25, 0.3) is 0 Å².